The van der Waals surface area contributed by atoms with Crippen LogP contribution in [0.2, 0.25) is 0 Å². The van der Waals surface area contributed by atoms with Gasteiger partial charge in [-0.05, 0) is 43.2 Å². The van der Waals surface area contributed by atoms with Crippen molar-refractivity contribution < 1.29 is 9.59 Å². The Labute approximate surface area is 177 Å². The molecule has 3 heterocycles. The van der Waals surface area contributed by atoms with E-state index in [0.29, 0.717) is 19.0 Å². The van der Waals surface area contributed by atoms with E-state index >= 15 is 0 Å². The molecule has 6 heteroatoms. The molecule has 0 radical (unpaired) electrons. The molecule has 3 saturated heterocycles. The SMILES string of the molecule is CS12CC[C@@H](c3ccccc3)N1C(=O)C1(CCN(C(=O)c3ccccc3)CC1)S2. The minimum Gasteiger partial charge on any atom is -0.339 e. The Morgan fingerprint density at radius 1 is 1.03 bits per heavy atom. The van der Waals surface area contributed by atoms with E-state index in [-0.39, 0.29) is 16.7 Å². The number of benzene rings is 2. The Balaban J connectivity index is 1.34. The first-order valence-electron chi connectivity index (χ1n) is 10.2. The lowest BCUT2D eigenvalue weighted by molar-refractivity contribution is -0.130. The number of carbonyl (C=O) groups excluding carboxylic acids is 2. The van der Waals surface area contributed by atoms with Crippen LogP contribution in [0.3, 0.4) is 0 Å². The molecule has 2 aromatic rings. The summed E-state index contributed by atoms with van der Waals surface area (Å²) in [5.74, 6) is 1.51. The van der Waals surface area contributed by atoms with Crippen molar-refractivity contribution in [3.8, 4) is 0 Å². The molecule has 1 unspecified atom stereocenters. The maximum absolute atomic E-state index is 13.7. The van der Waals surface area contributed by atoms with Crippen LogP contribution in [0.4, 0.5) is 0 Å². The van der Waals surface area contributed by atoms with Gasteiger partial charge in [0.05, 0.1) is 6.04 Å². The highest BCUT2D eigenvalue weighted by Gasteiger charge is 2.61. The largest absolute Gasteiger partial charge is 0.339 e. The number of nitrogens with zero attached hydrogens (tertiary/aromatic N) is 2. The predicted molar refractivity (Wildman–Crippen MR) is 121 cm³/mol. The average Bonchev–Trinajstić information content (AvgIpc) is 3.20. The van der Waals surface area contributed by atoms with Gasteiger partial charge in [-0.15, -0.1) is 9.25 Å². The molecular formula is C23H26N2O2S2. The molecule has 0 aromatic heterocycles. The molecule has 5 rings (SSSR count). The summed E-state index contributed by atoms with van der Waals surface area (Å²) in [6.07, 6.45) is 4.89. The number of piperidine rings is 1. The predicted octanol–water partition coefficient (Wildman–Crippen LogP) is 4.65. The normalized spacial score (nSPS) is 30.2. The van der Waals surface area contributed by atoms with Gasteiger partial charge < -0.3 is 4.90 Å². The maximum atomic E-state index is 13.7. The summed E-state index contributed by atoms with van der Waals surface area (Å²) in [5, 5.41) is 0. The van der Waals surface area contributed by atoms with Crippen LogP contribution < -0.4 is 0 Å². The van der Waals surface area contributed by atoms with Gasteiger partial charge in [-0.25, -0.2) is 0 Å². The van der Waals surface area contributed by atoms with E-state index in [1.807, 2.05) is 52.1 Å². The number of rotatable bonds is 2. The molecule has 1 spiro atoms. The number of hydrogen-bond acceptors (Lipinski definition) is 3. The van der Waals surface area contributed by atoms with Crippen molar-refractivity contribution in [2.75, 3.05) is 25.1 Å². The Kier molecular flexibility index (Phi) is 4.67. The highest BCUT2D eigenvalue weighted by Crippen LogP contribution is 2.77. The van der Waals surface area contributed by atoms with Gasteiger partial charge in [0.1, 0.15) is 4.75 Å². The summed E-state index contributed by atoms with van der Waals surface area (Å²) >= 11 is 0. The van der Waals surface area contributed by atoms with Gasteiger partial charge in [0, 0.05) is 24.4 Å². The van der Waals surface area contributed by atoms with E-state index in [0.717, 1.165) is 30.6 Å². The van der Waals surface area contributed by atoms with Crippen molar-refractivity contribution in [1.82, 2.24) is 9.21 Å². The lowest BCUT2D eigenvalue weighted by Gasteiger charge is -2.38. The van der Waals surface area contributed by atoms with E-state index in [4.69, 9.17) is 0 Å². The highest BCUT2D eigenvalue weighted by atomic mass is 33.2. The quantitative estimate of drug-likeness (QED) is 0.657. The summed E-state index contributed by atoms with van der Waals surface area (Å²) in [5.41, 5.74) is 1.99. The second-order valence-corrected chi connectivity index (χ2v) is 14.6. The van der Waals surface area contributed by atoms with Gasteiger partial charge in [-0.2, -0.15) is 0 Å². The zero-order chi connectivity index (χ0) is 20.1. The highest BCUT2D eigenvalue weighted by molar-refractivity contribution is 8.94. The third-order valence-electron chi connectivity index (χ3n) is 6.46. The first-order valence-corrected chi connectivity index (χ1v) is 13.7. The summed E-state index contributed by atoms with van der Waals surface area (Å²) in [6.45, 7) is 1.32. The van der Waals surface area contributed by atoms with Crippen LogP contribution in [-0.2, 0) is 4.79 Å². The molecule has 152 valence electrons. The van der Waals surface area contributed by atoms with E-state index < -0.39 is 9.25 Å². The third-order valence-corrected chi connectivity index (χ3v) is 13.0. The summed E-state index contributed by atoms with van der Waals surface area (Å²) in [4.78, 5) is 28.5. The minimum absolute atomic E-state index is 0.0807. The molecule has 0 bridgehead atoms. The third kappa shape index (κ3) is 3.08. The van der Waals surface area contributed by atoms with E-state index in [1.54, 1.807) is 0 Å². The molecule has 29 heavy (non-hydrogen) atoms. The Morgan fingerprint density at radius 2 is 1.66 bits per heavy atom. The molecule has 3 fully saturated rings. The molecule has 3 aliphatic heterocycles. The minimum atomic E-state index is -1.16. The monoisotopic (exact) mass is 426 g/mol. The molecule has 0 N–H and O–H groups in total. The molecule has 4 nitrogen and oxygen atoms in total. The van der Waals surface area contributed by atoms with Crippen LogP contribution in [0.25, 0.3) is 0 Å². The van der Waals surface area contributed by atoms with Crippen LogP contribution >= 0.6 is 20.0 Å². The van der Waals surface area contributed by atoms with Crippen LogP contribution in [0.1, 0.15) is 41.2 Å². The smallest absolute Gasteiger partial charge is 0.253 e. The second-order valence-electron chi connectivity index (χ2n) is 8.25. The molecular weight excluding hydrogens is 400 g/mol. The Hall–Kier alpha value is -1.92. The lowest BCUT2D eigenvalue weighted by atomic mass is 9.93. The molecule has 0 saturated carbocycles. The van der Waals surface area contributed by atoms with Gasteiger partial charge in [0.15, 0.2) is 0 Å². The van der Waals surface area contributed by atoms with Crippen molar-refractivity contribution in [2.45, 2.75) is 30.1 Å². The van der Waals surface area contributed by atoms with E-state index in [9.17, 15) is 9.59 Å². The lowest BCUT2D eigenvalue weighted by Crippen LogP contribution is -2.49. The van der Waals surface area contributed by atoms with E-state index in [2.05, 4.69) is 34.8 Å². The number of amides is 2. The first-order chi connectivity index (χ1) is 14.0. The van der Waals surface area contributed by atoms with Crippen molar-refractivity contribution in [3.63, 3.8) is 0 Å². The van der Waals surface area contributed by atoms with Gasteiger partial charge in [-0.3, -0.25) is 13.9 Å². The fourth-order valence-corrected chi connectivity index (χ4v) is 12.5. The first kappa shape index (κ1) is 19.1. The van der Waals surface area contributed by atoms with Gasteiger partial charge in [-0.1, -0.05) is 59.3 Å². The topological polar surface area (TPSA) is 40.6 Å². The van der Waals surface area contributed by atoms with Gasteiger partial charge in [0.2, 0.25) is 5.91 Å². The Bertz CT molecular complexity index is 928. The van der Waals surface area contributed by atoms with Crippen LogP contribution in [-0.4, -0.2) is 50.9 Å². The van der Waals surface area contributed by atoms with Crippen LogP contribution in [0.15, 0.2) is 60.7 Å². The molecule has 0 aliphatic carbocycles. The maximum Gasteiger partial charge on any atom is 0.253 e. The van der Waals surface area contributed by atoms with Crippen molar-refractivity contribution in [2.24, 2.45) is 0 Å². The molecule has 2 atom stereocenters. The van der Waals surface area contributed by atoms with Gasteiger partial charge >= 0.3 is 0 Å². The van der Waals surface area contributed by atoms with E-state index in [1.165, 1.54) is 5.56 Å². The summed E-state index contributed by atoms with van der Waals surface area (Å²) < 4.78 is 1.91. The molecule has 3 aliphatic rings. The van der Waals surface area contributed by atoms with Crippen molar-refractivity contribution in [1.29, 1.82) is 0 Å². The summed E-state index contributed by atoms with van der Waals surface area (Å²) in [6, 6.07) is 20.1. The number of fused-ring (bicyclic) bond motifs is 1. The second kappa shape index (κ2) is 7.10. The van der Waals surface area contributed by atoms with Crippen LogP contribution in [0.5, 0.6) is 0 Å². The number of carbonyl (C=O) groups is 2. The van der Waals surface area contributed by atoms with Gasteiger partial charge in [0.25, 0.3) is 5.91 Å². The van der Waals surface area contributed by atoms with Crippen molar-refractivity contribution in [3.05, 3.63) is 71.8 Å². The standard InChI is InChI=1S/C23H26N2O2S2/c1-29-17-12-20(18-8-4-2-5-9-18)25(29)22(27)23(28-29)13-15-24(16-14-23)21(26)19-10-6-3-7-11-19/h2-11,20H,12-17H2,1H3/t20-/m0/s1. The zero-order valence-electron chi connectivity index (χ0n) is 16.6. The average molecular weight is 427 g/mol. The fraction of sp³-hybridized carbons (Fsp3) is 0.391. The number of likely N-dealkylation sites (tertiary alicyclic amines) is 1. The Morgan fingerprint density at radius 3 is 2.31 bits per heavy atom. The summed E-state index contributed by atoms with van der Waals surface area (Å²) in [7, 11) is 0.788. The molecule has 2 aromatic carbocycles. The number of hydrogen-bond donors (Lipinski definition) is 0. The fourth-order valence-electron chi connectivity index (χ4n) is 4.90. The molecule has 2 amide bonds. The van der Waals surface area contributed by atoms with Crippen molar-refractivity contribution >= 4 is 31.9 Å². The van der Waals surface area contributed by atoms with Crippen LogP contribution in [0, 0.1) is 0 Å². The zero-order valence-corrected chi connectivity index (χ0v) is 18.3.